The SMILES string of the molecule is CC1C(Br)CCC1c1cccc(Cl)c1Cl. The predicted octanol–water partition coefficient (Wildman–Crippen LogP) is 5.27. The van der Waals surface area contributed by atoms with Crippen LogP contribution in [0.1, 0.15) is 31.2 Å². The number of alkyl halides is 1. The van der Waals surface area contributed by atoms with Crippen LogP contribution in [0, 0.1) is 5.92 Å². The fraction of sp³-hybridized carbons (Fsp3) is 0.500. The summed E-state index contributed by atoms with van der Waals surface area (Å²) < 4.78 is 0. The Kier molecular flexibility index (Phi) is 3.64. The molecule has 3 heteroatoms. The van der Waals surface area contributed by atoms with Gasteiger partial charge in [0.25, 0.3) is 0 Å². The molecule has 1 aliphatic rings. The highest BCUT2D eigenvalue weighted by Crippen LogP contribution is 2.45. The highest BCUT2D eigenvalue weighted by Gasteiger charge is 2.33. The molecule has 0 spiro atoms. The van der Waals surface area contributed by atoms with Crippen LogP contribution in [0.4, 0.5) is 0 Å². The molecule has 0 aliphatic heterocycles. The lowest BCUT2D eigenvalue weighted by Crippen LogP contribution is -2.09. The minimum atomic E-state index is 0.542. The van der Waals surface area contributed by atoms with Gasteiger partial charge in [-0.3, -0.25) is 0 Å². The molecule has 0 saturated heterocycles. The van der Waals surface area contributed by atoms with Gasteiger partial charge in [0.2, 0.25) is 0 Å². The van der Waals surface area contributed by atoms with Crippen molar-refractivity contribution in [2.24, 2.45) is 5.92 Å². The standard InChI is InChI=1S/C12H13BrCl2/c1-7-8(5-6-10(7)13)9-3-2-4-11(14)12(9)15/h2-4,7-8,10H,5-6H2,1H3. The van der Waals surface area contributed by atoms with E-state index in [1.165, 1.54) is 18.4 Å². The molecular formula is C12H13BrCl2. The molecule has 3 atom stereocenters. The van der Waals surface area contributed by atoms with Crippen LogP contribution < -0.4 is 0 Å². The van der Waals surface area contributed by atoms with Gasteiger partial charge in [-0.1, -0.05) is 58.2 Å². The van der Waals surface area contributed by atoms with E-state index >= 15 is 0 Å². The molecule has 0 bridgehead atoms. The van der Waals surface area contributed by atoms with Crippen molar-refractivity contribution in [3.8, 4) is 0 Å². The molecule has 3 unspecified atom stereocenters. The van der Waals surface area contributed by atoms with Crippen molar-refractivity contribution < 1.29 is 0 Å². The molecule has 0 heterocycles. The third kappa shape index (κ3) is 2.20. The Morgan fingerprint density at radius 1 is 1.27 bits per heavy atom. The van der Waals surface area contributed by atoms with E-state index in [4.69, 9.17) is 23.2 Å². The van der Waals surface area contributed by atoms with E-state index < -0.39 is 0 Å². The van der Waals surface area contributed by atoms with Gasteiger partial charge in [-0.2, -0.15) is 0 Å². The summed E-state index contributed by atoms with van der Waals surface area (Å²) in [6.45, 7) is 2.27. The van der Waals surface area contributed by atoms with Gasteiger partial charge in [-0.05, 0) is 36.3 Å². The first-order chi connectivity index (χ1) is 7.11. The van der Waals surface area contributed by atoms with Crippen molar-refractivity contribution in [1.82, 2.24) is 0 Å². The lowest BCUT2D eigenvalue weighted by atomic mass is 9.90. The third-order valence-corrected chi connectivity index (χ3v) is 5.46. The molecular weight excluding hydrogens is 295 g/mol. The highest BCUT2D eigenvalue weighted by atomic mass is 79.9. The number of rotatable bonds is 1. The van der Waals surface area contributed by atoms with Crippen molar-refractivity contribution in [1.29, 1.82) is 0 Å². The van der Waals surface area contributed by atoms with Crippen molar-refractivity contribution in [2.45, 2.75) is 30.5 Å². The van der Waals surface area contributed by atoms with Gasteiger partial charge >= 0.3 is 0 Å². The zero-order valence-electron chi connectivity index (χ0n) is 8.51. The first-order valence-electron chi connectivity index (χ1n) is 5.19. The molecule has 1 aromatic rings. The van der Waals surface area contributed by atoms with Crippen molar-refractivity contribution in [3.63, 3.8) is 0 Å². The highest BCUT2D eigenvalue weighted by molar-refractivity contribution is 9.09. The van der Waals surface area contributed by atoms with Crippen LogP contribution in [0.15, 0.2) is 18.2 Å². The molecule has 1 saturated carbocycles. The van der Waals surface area contributed by atoms with E-state index in [9.17, 15) is 0 Å². The first-order valence-corrected chi connectivity index (χ1v) is 6.86. The Balaban J connectivity index is 2.34. The van der Waals surface area contributed by atoms with Gasteiger partial charge in [0.05, 0.1) is 10.0 Å². The van der Waals surface area contributed by atoms with Crippen molar-refractivity contribution in [3.05, 3.63) is 33.8 Å². The monoisotopic (exact) mass is 306 g/mol. The van der Waals surface area contributed by atoms with E-state index in [2.05, 4.69) is 28.9 Å². The van der Waals surface area contributed by atoms with E-state index in [1.807, 2.05) is 12.1 Å². The molecule has 1 aliphatic carbocycles. The van der Waals surface area contributed by atoms with Gasteiger partial charge in [0.15, 0.2) is 0 Å². The quantitative estimate of drug-likeness (QED) is 0.620. The van der Waals surface area contributed by atoms with Crippen LogP contribution in [-0.2, 0) is 0 Å². The average Bonchev–Trinajstić information content (AvgIpc) is 2.53. The summed E-state index contributed by atoms with van der Waals surface area (Å²) in [6, 6.07) is 5.93. The first kappa shape index (κ1) is 11.8. The van der Waals surface area contributed by atoms with Crippen LogP contribution in [0.3, 0.4) is 0 Å². The Hall–Kier alpha value is 0.280. The fourth-order valence-electron chi connectivity index (χ4n) is 2.36. The lowest BCUT2D eigenvalue weighted by molar-refractivity contribution is 0.545. The predicted molar refractivity (Wildman–Crippen MR) is 70.3 cm³/mol. The fourth-order valence-corrected chi connectivity index (χ4v) is 3.44. The van der Waals surface area contributed by atoms with Gasteiger partial charge in [-0.25, -0.2) is 0 Å². The Bertz CT molecular complexity index is 365. The molecule has 0 nitrogen and oxygen atoms in total. The molecule has 0 N–H and O–H groups in total. The number of halogens is 3. The summed E-state index contributed by atoms with van der Waals surface area (Å²) in [5, 5.41) is 1.40. The van der Waals surface area contributed by atoms with Crippen LogP contribution in [0.25, 0.3) is 0 Å². The Morgan fingerprint density at radius 3 is 2.60 bits per heavy atom. The minimum absolute atomic E-state index is 0.542. The van der Waals surface area contributed by atoms with Crippen LogP contribution >= 0.6 is 39.1 Å². The number of hydrogen-bond donors (Lipinski definition) is 0. The van der Waals surface area contributed by atoms with Crippen LogP contribution in [0.2, 0.25) is 10.0 Å². The second-order valence-corrected chi connectivity index (χ2v) is 6.16. The average molecular weight is 308 g/mol. The summed E-state index contributed by atoms with van der Waals surface area (Å²) in [4.78, 5) is 0.609. The van der Waals surface area contributed by atoms with E-state index in [0.29, 0.717) is 21.7 Å². The Labute approximate surface area is 109 Å². The molecule has 0 radical (unpaired) electrons. The number of benzene rings is 1. The van der Waals surface area contributed by atoms with Gasteiger partial charge < -0.3 is 0 Å². The third-order valence-electron chi connectivity index (χ3n) is 3.34. The minimum Gasteiger partial charge on any atom is -0.0888 e. The summed E-state index contributed by atoms with van der Waals surface area (Å²) in [5.74, 6) is 1.17. The smallest absolute Gasteiger partial charge is 0.0627 e. The second kappa shape index (κ2) is 4.65. The second-order valence-electron chi connectivity index (χ2n) is 4.20. The molecule has 0 aromatic heterocycles. The zero-order chi connectivity index (χ0) is 11.0. The zero-order valence-corrected chi connectivity index (χ0v) is 11.6. The maximum absolute atomic E-state index is 6.24. The maximum atomic E-state index is 6.24. The van der Waals surface area contributed by atoms with Crippen LogP contribution in [0.5, 0.6) is 0 Å². The van der Waals surface area contributed by atoms with Crippen LogP contribution in [-0.4, -0.2) is 4.83 Å². The largest absolute Gasteiger partial charge is 0.0888 e. The van der Waals surface area contributed by atoms with E-state index in [-0.39, 0.29) is 0 Å². The molecule has 1 aromatic carbocycles. The van der Waals surface area contributed by atoms with Crippen molar-refractivity contribution in [2.75, 3.05) is 0 Å². The topological polar surface area (TPSA) is 0 Å². The van der Waals surface area contributed by atoms with Gasteiger partial charge in [0, 0.05) is 4.83 Å². The summed E-state index contributed by atoms with van der Waals surface area (Å²) in [5.41, 5.74) is 1.21. The maximum Gasteiger partial charge on any atom is 0.0627 e. The summed E-state index contributed by atoms with van der Waals surface area (Å²) >= 11 is 16.0. The molecule has 0 amide bonds. The molecule has 82 valence electrons. The summed E-state index contributed by atoms with van der Waals surface area (Å²) in [6.07, 6.45) is 2.41. The van der Waals surface area contributed by atoms with Crippen molar-refractivity contribution >= 4 is 39.1 Å². The molecule has 2 rings (SSSR count). The normalized spacial score (nSPS) is 30.8. The lowest BCUT2D eigenvalue weighted by Gasteiger charge is -2.19. The Morgan fingerprint density at radius 2 is 2.00 bits per heavy atom. The van der Waals surface area contributed by atoms with Gasteiger partial charge in [-0.15, -0.1) is 0 Å². The molecule has 15 heavy (non-hydrogen) atoms. The van der Waals surface area contributed by atoms with E-state index in [0.717, 1.165) is 5.02 Å². The number of hydrogen-bond acceptors (Lipinski definition) is 0. The molecule has 1 fully saturated rings. The van der Waals surface area contributed by atoms with Gasteiger partial charge in [0.1, 0.15) is 0 Å². The summed E-state index contributed by atoms with van der Waals surface area (Å²) in [7, 11) is 0. The van der Waals surface area contributed by atoms with E-state index in [1.54, 1.807) is 0 Å².